The van der Waals surface area contributed by atoms with Crippen molar-refractivity contribution < 1.29 is 9.32 Å². The number of nitrogens with zero attached hydrogens (tertiary/aromatic N) is 4. The van der Waals surface area contributed by atoms with Crippen molar-refractivity contribution in [2.45, 2.75) is 64.1 Å². The predicted octanol–water partition coefficient (Wildman–Crippen LogP) is 2.35. The Balaban J connectivity index is 0.00000131. The Kier molecular flexibility index (Phi) is 7.92. The monoisotopic (exact) mass is 419 g/mol. The van der Waals surface area contributed by atoms with Crippen LogP contribution in [0, 0.1) is 12.8 Å². The minimum absolute atomic E-state index is 0. The van der Waals surface area contributed by atoms with Crippen molar-refractivity contribution in [1.82, 2.24) is 25.3 Å². The molecule has 1 N–H and O–H groups in total. The molecule has 154 valence electrons. The smallest absolute Gasteiger partial charge is 0.243 e. The van der Waals surface area contributed by atoms with E-state index >= 15 is 0 Å². The molecule has 1 aromatic heterocycles. The molecule has 9 heteroatoms. The number of carbonyl (C=O) groups excluding carboxylic acids is 1. The van der Waals surface area contributed by atoms with Crippen LogP contribution in [-0.2, 0) is 4.79 Å². The van der Waals surface area contributed by atoms with Gasteiger partial charge in [0.15, 0.2) is 5.82 Å². The minimum atomic E-state index is 0. The van der Waals surface area contributed by atoms with Gasteiger partial charge in [0, 0.05) is 32.2 Å². The van der Waals surface area contributed by atoms with Crippen LogP contribution < -0.4 is 5.32 Å². The average Bonchev–Trinajstić information content (AvgIpc) is 3.26. The molecule has 7 nitrogen and oxygen atoms in total. The first-order valence-corrected chi connectivity index (χ1v) is 9.71. The molecule has 0 radical (unpaired) electrons. The number of amides is 1. The second-order valence-corrected chi connectivity index (χ2v) is 7.82. The molecule has 27 heavy (non-hydrogen) atoms. The summed E-state index contributed by atoms with van der Waals surface area (Å²) in [5, 5.41) is 7.49. The maximum Gasteiger partial charge on any atom is 0.243 e. The van der Waals surface area contributed by atoms with Crippen molar-refractivity contribution in [1.29, 1.82) is 0 Å². The molecule has 4 unspecified atom stereocenters. The van der Waals surface area contributed by atoms with Gasteiger partial charge in [-0.2, -0.15) is 4.98 Å². The van der Waals surface area contributed by atoms with Crippen LogP contribution in [0.25, 0.3) is 0 Å². The zero-order valence-electron chi connectivity index (χ0n) is 16.1. The molecule has 0 bridgehead atoms. The summed E-state index contributed by atoms with van der Waals surface area (Å²) in [7, 11) is 0. The van der Waals surface area contributed by atoms with Crippen LogP contribution >= 0.6 is 24.8 Å². The summed E-state index contributed by atoms with van der Waals surface area (Å²) in [5.41, 5.74) is 0. The summed E-state index contributed by atoms with van der Waals surface area (Å²) in [5.74, 6) is 2.35. The minimum Gasteiger partial charge on any atom is -0.339 e. The summed E-state index contributed by atoms with van der Waals surface area (Å²) in [6, 6.07) is 0.714. The summed E-state index contributed by atoms with van der Waals surface area (Å²) in [6.07, 6.45) is 6.19. The summed E-state index contributed by atoms with van der Waals surface area (Å²) < 4.78 is 5.30. The van der Waals surface area contributed by atoms with Crippen molar-refractivity contribution in [3.8, 4) is 0 Å². The third-order valence-electron chi connectivity index (χ3n) is 6.24. The Morgan fingerprint density at radius 1 is 1.19 bits per heavy atom. The van der Waals surface area contributed by atoms with Gasteiger partial charge < -0.3 is 14.7 Å². The molecular weight excluding hydrogens is 389 g/mol. The molecule has 1 aliphatic carbocycles. The quantitative estimate of drug-likeness (QED) is 0.809. The number of aryl methyl sites for hydroxylation is 1. The van der Waals surface area contributed by atoms with Gasteiger partial charge >= 0.3 is 0 Å². The lowest BCUT2D eigenvalue weighted by molar-refractivity contribution is -0.135. The number of aromatic nitrogens is 2. The highest BCUT2D eigenvalue weighted by Crippen LogP contribution is 2.34. The van der Waals surface area contributed by atoms with Crippen molar-refractivity contribution in [3.63, 3.8) is 0 Å². The van der Waals surface area contributed by atoms with Crippen LogP contribution in [0.3, 0.4) is 0 Å². The highest BCUT2D eigenvalue weighted by atomic mass is 35.5. The van der Waals surface area contributed by atoms with Crippen molar-refractivity contribution in [3.05, 3.63) is 11.7 Å². The molecule has 3 aliphatic rings. The Morgan fingerprint density at radius 3 is 2.52 bits per heavy atom. The number of halogens is 2. The van der Waals surface area contributed by atoms with Crippen molar-refractivity contribution >= 4 is 30.7 Å². The molecule has 3 heterocycles. The van der Waals surface area contributed by atoms with Gasteiger partial charge in [0.2, 0.25) is 11.8 Å². The van der Waals surface area contributed by atoms with E-state index in [4.69, 9.17) is 4.52 Å². The van der Waals surface area contributed by atoms with E-state index < -0.39 is 0 Å². The van der Waals surface area contributed by atoms with Gasteiger partial charge in [-0.05, 0) is 39.0 Å². The fraction of sp³-hybridized carbons (Fsp3) is 0.833. The number of hydrogen-bond donors (Lipinski definition) is 1. The summed E-state index contributed by atoms with van der Waals surface area (Å²) >= 11 is 0. The highest BCUT2D eigenvalue weighted by Gasteiger charge is 2.40. The fourth-order valence-electron chi connectivity index (χ4n) is 4.70. The molecular formula is C18H31Cl2N5O2. The van der Waals surface area contributed by atoms with Crippen LogP contribution in [0.5, 0.6) is 0 Å². The molecule has 4 atom stereocenters. The normalized spacial score (nSPS) is 29.4. The lowest BCUT2D eigenvalue weighted by atomic mass is 9.85. The first kappa shape index (κ1) is 22.4. The van der Waals surface area contributed by atoms with E-state index in [1.807, 2.05) is 11.8 Å². The van der Waals surface area contributed by atoms with Crippen molar-refractivity contribution in [2.75, 3.05) is 26.2 Å². The maximum atomic E-state index is 12.9. The number of carbonyl (C=O) groups is 1. The van der Waals surface area contributed by atoms with Gasteiger partial charge in [-0.15, -0.1) is 24.8 Å². The SMILES string of the molecule is Cc1noc(C(C)N2CCN(C(=O)C3CC4CCCCC4N3)CC2)n1.Cl.Cl. The Labute approximate surface area is 173 Å². The van der Waals surface area contributed by atoms with E-state index in [0.29, 0.717) is 29.6 Å². The Hall–Kier alpha value is -0.890. The largest absolute Gasteiger partial charge is 0.339 e. The Morgan fingerprint density at radius 2 is 1.89 bits per heavy atom. The number of piperazine rings is 1. The fourth-order valence-corrected chi connectivity index (χ4v) is 4.70. The van der Waals surface area contributed by atoms with Gasteiger partial charge in [0.25, 0.3) is 0 Å². The van der Waals surface area contributed by atoms with E-state index in [1.54, 1.807) is 0 Å². The zero-order valence-corrected chi connectivity index (χ0v) is 17.7. The van der Waals surface area contributed by atoms with E-state index in [2.05, 4.69) is 27.3 Å². The molecule has 1 amide bonds. The molecule has 1 saturated carbocycles. The van der Waals surface area contributed by atoms with E-state index in [0.717, 1.165) is 32.6 Å². The predicted molar refractivity (Wildman–Crippen MR) is 107 cm³/mol. The molecule has 2 saturated heterocycles. The molecule has 4 rings (SSSR count). The second-order valence-electron chi connectivity index (χ2n) is 7.82. The summed E-state index contributed by atoms with van der Waals surface area (Å²) in [4.78, 5) is 21.6. The van der Waals surface area contributed by atoms with Crippen LogP contribution in [0.4, 0.5) is 0 Å². The first-order chi connectivity index (χ1) is 12.1. The third kappa shape index (κ3) is 4.75. The number of nitrogens with one attached hydrogen (secondary N) is 1. The van der Waals surface area contributed by atoms with Gasteiger partial charge in [-0.1, -0.05) is 18.0 Å². The summed E-state index contributed by atoms with van der Waals surface area (Å²) in [6.45, 7) is 7.20. The van der Waals surface area contributed by atoms with Crippen molar-refractivity contribution in [2.24, 2.45) is 5.92 Å². The van der Waals surface area contributed by atoms with E-state index in [-0.39, 0.29) is 36.9 Å². The van der Waals surface area contributed by atoms with E-state index in [9.17, 15) is 4.79 Å². The molecule has 3 fully saturated rings. The lowest BCUT2D eigenvalue weighted by Gasteiger charge is -2.37. The standard InChI is InChI=1S/C18H29N5O2.2ClH/c1-12(17-19-13(2)21-25-17)22-7-9-23(10-8-22)18(24)16-11-14-5-3-4-6-15(14)20-16;;/h12,14-16,20H,3-11H2,1-2H3;2*1H. The van der Waals surface area contributed by atoms with Gasteiger partial charge in [0.1, 0.15) is 0 Å². The van der Waals surface area contributed by atoms with Gasteiger partial charge in [-0.25, -0.2) is 0 Å². The molecule has 2 aliphatic heterocycles. The Bertz CT molecular complexity index is 607. The maximum absolute atomic E-state index is 12.9. The van der Waals surface area contributed by atoms with Gasteiger partial charge in [0.05, 0.1) is 12.1 Å². The molecule has 1 aromatic rings. The van der Waals surface area contributed by atoms with Crippen LogP contribution in [-0.4, -0.2) is 64.1 Å². The number of hydrogen-bond acceptors (Lipinski definition) is 6. The zero-order chi connectivity index (χ0) is 17.4. The number of fused-ring (bicyclic) bond motifs is 1. The van der Waals surface area contributed by atoms with Crippen LogP contribution in [0.1, 0.15) is 56.8 Å². The molecule has 0 aromatic carbocycles. The lowest BCUT2D eigenvalue weighted by Crippen LogP contribution is -2.53. The second kappa shape index (κ2) is 9.54. The number of rotatable bonds is 3. The topological polar surface area (TPSA) is 74.5 Å². The first-order valence-electron chi connectivity index (χ1n) is 9.71. The molecule has 0 spiro atoms. The third-order valence-corrected chi connectivity index (χ3v) is 6.24. The van der Waals surface area contributed by atoms with Crippen LogP contribution in [0.15, 0.2) is 4.52 Å². The average molecular weight is 420 g/mol. The van der Waals surface area contributed by atoms with Crippen LogP contribution in [0.2, 0.25) is 0 Å². The van der Waals surface area contributed by atoms with E-state index in [1.165, 1.54) is 25.7 Å². The highest BCUT2D eigenvalue weighted by molar-refractivity contribution is 5.85. The van der Waals surface area contributed by atoms with Gasteiger partial charge in [-0.3, -0.25) is 9.69 Å².